The Balaban J connectivity index is 1.81. The summed E-state index contributed by atoms with van der Waals surface area (Å²) in [6.07, 6.45) is 0. The van der Waals surface area contributed by atoms with Crippen LogP contribution in [0.15, 0.2) is 47.4 Å². The lowest BCUT2D eigenvalue weighted by Crippen LogP contribution is -2.04. The summed E-state index contributed by atoms with van der Waals surface area (Å²) in [5.74, 6) is -0.323. The number of hydrogen-bond donors (Lipinski definition) is 1. The van der Waals surface area contributed by atoms with Crippen LogP contribution in [0.2, 0.25) is 0 Å². The number of anilines is 1. The molecule has 2 aromatic rings. The highest BCUT2D eigenvalue weighted by Gasteiger charge is 2.03. The van der Waals surface area contributed by atoms with Crippen molar-refractivity contribution in [1.82, 2.24) is 0 Å². The molecular formula is C15H15F2NS. The minimum absolute atomic E-state index is 0.479. The molecule has 4 heteroatoms. The lowest BCUT2D eigenvalue weighted by atomic mass is 10.2. The van der Waals surface area contributed by atoms with E-state index in [1.54, 1.807) is 0 Å². The van der Waals surface area contributed by atoms with Crippen molar-refractivity contribution in [3.63, 3.8) is 0 Å². The summed E-state index contributed by atoms with van der Waals surface area (Å²) in [6.45, 7) is 2.76. The van der Waals surface area contributed by atoms with E-state index in [-0.39, 0.29) is 0 Å². The van der Waals surface area contributed by atoms with Gasteiger partial charge in [0.1, 0.15) is 11.6 Å². The van der Waals surface area contributed by atoms with Gasteiger partial charge < -0.3 is 5.32 Å². The molecule has 1 nitrogen and oxygen atoms in total. The molecule has 0 heterocycles. The molecule has 0 radical (unpaired) electrons. The Kier molecular flexibility index (Phi) is 4.80. The van der Waals surface area contributed by atoms with Crippen LogP contribution in [0.5, 0.6) is 0 Å². The summed E-state index contributed by atoms with van der Waals surface area (Å²) in [4.78, 5) is 0.479. The first-order valence-electron chi connectivity index (χ1n) is 6.03. The average molecular weight is 279 g/mol. The van der Waals surface area contributed by atoms with Gasteiger partial charge in [0.15, 0.2) is 0 Å². The van der Waals surface area contributed by atoms with Crippen molar-refractivity contribution in [3.8, 4) is 0 Å². The van der Waals surface area contributed by atoms with E-state index < -0.39 is 11.6 Å². The fourth-order valence-electron chi connectivity index (χ4n) is 1.70. The topological polar surface area (TPSA) is 12.0 Å². The molecule has 19 heavy (non-hydrogen) atoms. The van der Waals surface area contributed by atoms with Crippen LogP contribution in [0.1, 0.15) is 5.56 Å². The van der Waals surface area contributed by atoms with Crippen molar-refractivity contribution in [3.05, 3.63) is 59.7 Å². The number of nitrogens with one attached hydrogen (secondary N) is 1. The zero-order valence-corrected chi connectivity index (χ0v) is 11.4. The van der Waals surface area contributed by atoms with Crippen LogP contribution >= 0.6 is 11.8 Å². The third kappa shape index (κ3) is 4.24. The first kappa shape index (κ1) is 13.9. The van der Waals surface area contributed by atoms with Crippen molar-refractivity contribution in [2.45, 2.75) is 11.8 Å². The SMILES string of the molecule is Cc1cccc(NCCSc2ccc(F)cc2F)c1. The molecule has 0 saturated heterocycles. The van der Waals surface area contributed by atoms with Gasteiger partial charge in [-0.05, 0) is 36.8 Å². The molecule has 0 aliphatic heterocycles. The summed E-state index contributed by atoms with van der Waals surface area (Å²) in [6, 6.07) is 11.7. The fraction of sp³-hybridized carbons (Fsp3) is 0.200. The highest BCUT2D eigenvalue weighted by molar-refractivity contribution is 7.99. The van der Waals surface area contributed by atoms with Gasteiger partial charge in [-0.25, -0.2) is 8.78 Å². The molecule has 0 bridgehead atoms. The van der Waals surface area contributed by atoms with Crippen LogP contribution in [0.25, 0.3) is 0 Å². The summed E-state index contributed by atoms with van der Waals surface area (Å²) in [5.41, 5.74) is 2.25. The number of rotatable bonds is 5. The number of aryl methyl sites for hydroxylation is 1. The van der Waals surface area contributed by atoms with Crippen LogP contribution < -0.4 is 5.32 Å². The Bertz CT molecular complexity index is 558. The van der Waals surface area contributed by atoms with E-state index in [0.717, 1.165) is 24.1 Å². The molecule has 2 rings (SSSR count). The normalized spacial score (nSPS) is 10.5. The number of halogens is 2. The summed E-state index contributed by atoms with van der Waals surface area (Å²) < 4.78 is 26.1. The van der Waals surface area contributed by atoms with Gasteiger partial charge in [0, 0.05) is 28.9 Å². The first-order chi connectivity index (χ1) is 9.15. The summed E-state index contributed by atoms with van der Waals surface area (Å²) in [7, 11) is 0. The zero-order valence-electron chi connectivity index (χ0n) is 10.6. The molecule has 0 aliphatic carbocycles. The van der Waals surface area contributed by atoms with Gasteiger partial charge in [-0.2, -0.15) is 0 Å². The van der Waals surface area contributed by atoms with Gasteiger partial charge in [-0.1, -0.05) is 12.1 Å². The molecule has 0 amide bonds. The molecule has 100 valence electrons. The van der Waals surface area contributed by atoms with Gasteiger partial charge in [-0.3, -0.25) is 0 Å². The lowest BCUT2D eigenvalue weighted by molar-refractivity contribution is 0.566. The molecule has 1 N–H and O–H groups in total. The van der Waals surface area contributed by atoms with Crippen molar-refractivity contribution >= 4 is 17.4 Å². The Hall–Kier alpha value is -1.55. The fourth-order valence-corrected chi connectivity index (χ4v) is 2.49. The second-order valence-electron chi connectivity index (χ2n) is 4.22. The van der Waals surface area contributed by atoms with Crippen molar-refractivity contribution in [2.75, 3.05) is 17.6 Å². The largest absolute Gasteiger partial charge is 0.384 e. The van der Waals surface area contributed by atoms with Gasteiger partial charge in [0.2, 0.25) is 0 Å². The van der Waals surface area contributed by atoms with E-state index >= 15 is 0 Å². The Morgan fingerprint density at radius 2 is 1.95 bits per heavy atom. The smallest absolute Gasteiger partial charge is 0.139 e. The Morgan fingerprint density at radius 3 is 2.68 bits per heavy atom. The van der Waals surface area contributed by atoms with E-state index in [2.05, 4.69) is 11.4 Å². The average Bonchev–Trinajstić information content (AvgIpc) is 2.37. The van der Waals surface area contributed by atoms with Crippen LogP contribution in [0.4, 0.5) is 14.5 Å². The van der Waals surface area contributed by atoms with Crippen molar-refractivity contribution in [2.24, 2.45) is 0 Å². The summed E-state index contributed by atoms with van der Waals surface area (Å²) in [5, 5.41) is 3.27. The van der Waals surface area contributed by atoms with Gasteiger partial charge in [0.05, 0.1) is 0 Å². The molecule has 0 spiro atoms. The quantitative estimate of drug-likeness (QED) is 0.640. The zero-order chi connectivity index (χ0) is 13.7. The molecule has 2 aromatic carbocycles. The molecule has 0 aliphatic rings. The molecule has 0 saturated carbocycles. The van der Waals surface area contributed by atoms with Crippen LogP contribution in [-0.2, 0) is 0 Å². The second kappa shape index (κ2) is 6.57. The van der Waals surface area contributed by atoms with Gasteiger partial charge in [0.25, 0.3) is 0 Å². The van der Waals surface area contributed by atoms with E-state index in [9.17, 15) is 8.78 Å². The van der Waals surface area contributed by atoms with Crippen LogP contribution in [-0.4, -0.2) is 12.3 Å². The van der Waals surface area contributed by atoms with E-state index in [1.165, 1.54) is 29.5 Å². The third-order valence-corrected chi connectivity index (χ3v) is 3.65. The van der Waals surface area contributed by atoms with E-state index in [4.69, 9.17) is 0 Å². The lowest BCUT2D eigenvalue weighted by Gasteiger charge is -2.07. The molecule has 0 unspecified atom stereocenters. The maximum atomic E-state index is 13.4. The highest BCUT2D eigenvalue weighted by Crippen LogP contribution is 2.22. The van der Waals surface area contributed by atoms with Crippen LogP contribution in [0, 0.1) is 18.6 Å². The predicted octanol–water partition coefficient (Wildman–Crippen LogP) is 4.48. The third-order valence-electron chi connectivity index (χ3n) is 2.60. The number of hydrogen-bond acceptors (Lipinski definition) is 2. The maximum absolute atomic E-state index is 13.4. The highest BCUT2D eigenvalue weighted by atomic mass is 32.2. The summed E-state index contributed by atoms with van der Waals surface area (Å²) >= 11 is 1.38. The predicted molar refractivity (Wildman–Crippen MR) is 76.8 cm³/mol. The van der Waals surface area contributed by atoms with Crippen molar-refractivity contribution < 1.29 is 8.78 Å². The van der Waals surface area contributed by atoms with Crippen LogP contribution in [0.3, 0.4) is 0 Å². The Labute approximate surface area is 116 Å². The standard InChI is InChI=1S/C15H15F2NS/c1-11-3-2-4-13(9-11)18-7-8-19-15-6-5-12(16)10-14(15)17/h2-6,9-10,18H,7-8H2,1H3. The van der Waals surface area contributed by atoms with E-state index in [0.29, 0.717) is 4.90 Å². The van der Waals surface area contributed by atoms with Crippen molar-refractivity contribution in [1.29, 1.82) is 0 Å². The maximum Gasteiger partial charge on any atom is 0.139 e. The molecule has 0 atom stereocenters. The minimum atomic E-state index is -0.542. The van der Waals surface area contributed by atoms with Gasteiger partial charge in [-0.15, -0.1) is 11.8 Å². The monoisotopic (exact) mass is 279 g/mol. The van der Waals surface area contributed by atoms with Gasteiger partial charge >= 0.3 is 0 Å². The second-order valence-corrected chi connectivity index (χ2v) is 5.36. The number of thioether (sulfide) groups is 1. The number of benzene rings is 2. The Morgan fingerprint density at radius 1 is 1.11 bits per heavy atom. The molecule has 0 fully saturated rings. The first-order valence-corrected chi connectivity index (χ1v) is 7.02. The minimum Gasteiger partial charge on any atom is -0.384 e. The molecule has 0 aromatic heterocycles. The molecular weight excluding hydrogens is 264 g/mol. The van der Waals surface area contributed by atoms with E-state index in [1.807, 2.05) is 25.1 Å².